The topological polar surface area (TPSA) is 18.5 Å². The molecular weight excluding hydrogens is 234 g/mol. The number of rotatable bonds is 11. The zero-order valence-corrected chi connectivity index (χ0v) is 14.4. The summed E-state index contributed by atoms with van der Waals surface area (Å²) in [6.45, 7) is 17.4. The van der Waals surface area contributed by atoms with Crippen LogP contribution in [0.25, 0.3) is 0 Å². The van der Waals surface area contributed by atoms with Crippen LogP contribution in [0, 0.1) is 5.41 Å². The van der Waals surface area contributed by atoms with E-state index in [1.54, 1.807) is 0 Å². The van der Waals surface area contributed by atoms with Crippen LogP contribution in [0.1, 0.15) is 47.5 Å². The van der Waals surface area contributed by atoms with Gasteiger partial charge < -0.3 is 15.1 Å². The molecule has 0 spiro atoms. The Morgan fingerprint density at radius 1 is 1.00 bits per heavy atom. The van der Waals surface area contributed by atoms with Crippen molar-refractivity contribution < 1.29 is 0 Å². The third-order valence-electron chi connectivity index (χ3n) is 3.91. The highest BCUT2D eigenvalue weighted by molar-refractivity contribution is 4.84. The third kappa shape index (κ3) is 8.61. The molecule has 0 aromatic rings. The number of likely N-dealkylation sites (N-methyl/N-ethyl adjacent to an activating group) is 1. The Labute approximate surface area is 121 Å². The molecule has 3 heteroatoms. The molecule has 116 valence electrons. The second kappa shape index (κ2) is 9.73. The van der Waals surface area contributed by atoms with Crippen LogP contribution in [0.15, 0.2) is 0 Å². The van der Waals surface area contributed by atoms with Gasteiger partial charge in [-0.05, 0) is 52.4 Å². The predicted molar refractivity (Wildman–Crippen MR) is 86.8 cm³/mol. The van der Waals surface area contributed by atoms with E-state index < -0.39 is 0 Å². The van der Waals surface area contributed by atoms with Crippen molar-refractivity contribution in [1.29, 1.82) is 0 Å². The van der Waals surface area contributed by atoms with Crippen molar-refractivity contribution in [2.75, 3.05) is 46.8 Å². The second-order valence-electron chi connectivity index (χ2n) is 6.74. The van der Waals surface area contributed by atoms with Crippen LogP contribution >= 0.6 is 0 Å². The van der Waals surface area contributed by atoms with Gasteiger partial charge in [0.05, 0.1) is 0 Å². The van der Waals surface area contributed by atoms with Crippen molar-refractivity contribution in [3.8, 4) is 0 Å². The lowest BCUT2D eigenvalue weighted by Crippen LogP contribution is -2.48. The molecule has 1 unspecified atom stereocenters. The van der Waals surface area contributed by atoms with E-state index in [1.807, 2.05) is 0 Å². The monoisotopic (exact) mass is 271 g/mol. The van der Waals surface area contributed by atoms with Crippen molar-refractivity contribution >= 4 is 0 Å². The summed E-state index contributed by atoms with van der Waals surface area (Å²) in [5.41, 5.74) is 0.316. The van der Waals surface area contributed by atoms with E-state index in [-0.39, 0.29) is 0 Å². The van der Waals surface area contributed by atoms with Crippen molar-refractivity contribution in [2.24, 2.45) is 5.41 Å². The molecule has 0 heterocycles. The third-order valence-corrected chi connectivity index (χ3v) is 3.91. The maximum Gasteiger partial charge on any atom is 0.0109 e. The molecule has 0 saturated carbocycles. The molecule has 0 rings (SSSR count). The number of hydrogen-bond donors (Lipinski definition) is 1. The lowest BCUT2D eigenvalue weighted by molar-refractivity contribution is 0.134. The lowest BCUT2D eigenvalue weighted by atomic mass is 9.84. The SMILES string of the molecule is CCCNC(C)C(C)(C)CN(CCC)CCN(C)C. The molecule has 0 aliphatic carbocycles. The number of nitrogens with zero attached hydrogens (tertiary/aromatic N) is 2. The summed E-state index contributed by atoms with van der Waals surface area (Å²) in [6.07, 6.45) is 2.44. The summed E-state index contributed by atoms with van der Waals surface area (Å²) in [6, 6.07) is 0.561. The highest BCUT2D eigenvalue weighted by Crippen LogP contribution is 2.22. The molecule has 3 nitrogen and oxygen atoms in total. The van der Waals surface area contributed by atoms with Crippen molar-refractivity contribution in [3.05, 3.63) is 0 Å². The van der Waals surface area contributed by atoms with Crippen LogP contribution in [0.2, 0.25) is 0 Å². The van der Waals surface area contributed by atoms with Gasteiger partial charge >= 0.3 is 0 Å². The average molecular weight is 271 g/mol. The van der Waals surface area contributed by atoms with E-state index in [4.69, 9.17) is 0 Å². The zero-order chi connectivity index (χ0) is 14.9. The van der Waals surface area contributed by atoms with Crippen LogP contribution in [0.3, 0.4) is 0 Å². The van der Waals surface area contributed by atoms with Gasteiger partial charge in [-0.25, -0.2) is 0 Å². The van der Waals surface area contributed by atoms with E-state index in [2.05, 4.69) is 63.8 Å². The summed E-state index contributed by atoms with van der Waals surface area (Å²) in [5, 5.41) is 3.65. The van der Waals surface area contributed by atoms with E-state index in [1.165, 1.54) is 32.5 Å². The van der Waals surface area contributed by atoms with Gasteiger partial charge in [-0.15, -0.1) is 0 Å². The summed E-state index contributed by atoms with van der Waals surface area (Å²) in [4.78, 5) is 4.89. The average Bonchev–Trinajstić information content (AvgIpc) is 2.32. The Morgan fingerprint density at radius 3 is 2.11 bits per heavy atom. The standard InChI is InChI=1S/C16H37N3/c1-8-10-17-15(3)16(4,5)14-19(11-9-2)13-12-18(6)7/h15,17H,8-14H2,1-7H3. The fraction of sp³-hybridized carbons (Fsp3) is 1.00. The van der Waals surface area contributed by atoms with Gasteiger partial charge in [0.2, 0.25) is 0 Å². The van der Waals surface area contributed by atoms with Gasteiger partial charge in [-0.1, -0.05) is 27.7 Å². The largest absolute Gasteiger partial charge is 0.314 e. The first-order valence-corrected chi connectivity index (χ1v) is 7.94. The first-order valence-electron chi connectivity index (χ1n) is 7.94. The summed E-state index contributed by atoms with van der Waals surface area (Å²) < 4.78 is 0. The Hall–Kier alpha value is -0.120. The Kier molecular flexibility index (Phi) is 9.67. The second-order valence-corrected chi connectivity index (χ2v) is 6.74. The fourth-order valence-corrected chi connectivity index (χ4v) is 2.28. The van der Waals surface area contributed by atoms with E-state index in [0.29, 0.717) is 11.5 Å². The van der Waals surface area contributed by atoms with Crippen molar-refractivity contribution in [3.63, 3.8) is 0 Å². The first kappa shape index (κ1) is 18.9. The molecule has 0 saturated heterocycles. The van der Waals surface area contributed by atoms with Crippen LogP contribution in [-0.2, 0) is 0 Å². The minimum Gasteiger partial charge on any atom is -0.314 e. The highest BCUT2D eigenvalue weighted by Gasteiger charge is 2.27. The molecule has 0 amide bonds. The van der Waals surface area contributed by atoms with Gasteiger partial charge in [0.25, 0.3) is 0 Å². The molecule has 1 atom stereocenters. The maximum atomic E-state index is 3.65. The summed E-state index contributed by atoms with van der Waals surface area (Å²) in [5.74, 6) is 0. The smallest absolute Gasteiger partial charge is 0.0109 e. The Bertz CT molecular complexity index is 214. The van der Waals surface area contributed by atoms with Crippen LogP contribution < -0.4 is 5.32 Å². The quantitative estimate of drug-likeness (QED) is 0.623. The molecule has 0 radical (unpaired) electrons. The van der Waals surface area contributed by atoms with Gasteiger partial charge in [-0.3, -0.25) is 0 Å². The number of hydrogen-bond acceptors (Lipinski definition) is 3. The normalized spacial score (nSPS) is 14.4. The summed E-state index contributed by atoms with van der Waals surface area (Å²) in [7, 11) is 4.31. The Balaban J connectivity index is 4.35. The molecule has 0 bridgehead atoms. The maximum absolute atomic E-state index is 3.65. The minimum absolute atomic E-state index is 0.316. The van der Waals surface area contributed by atoms with Gasteiger partial charge in [0.15, 0.2) is 0 Å². The van der Waals surface area contributed by atoms with Gasteiger partial charge in [0.1, 0.15) is 0 Å². The molecule has 0 aliphatic rings. The predicted octanol–water partition coefficient (Wildman–Crippen LogP) is 2.67. The van der Waals surface area contributed by atoms with Gasteiger partial charge in [-0.2, -0.15) is 0 Å². The van der Waals surface area contributed by atoms with Crippen LogP contribution in [-0.4, -0.2) is 62.7 Å². The van der Waals surface area contributed by atoms with Crippen LogP contribution in [0.5, 0.6) is 0 Å². The first-order chi connectivity index (χ1) is 8.83. The van der Waals surface area contributed by atoms with Crippen molar-refractivity contribution in [2.45, 2.75) is 53.5 Å². The molecule has 0 aromatic heterocycles. The van der Waals surface area contributed by atoms with E-state index >= 15 is 0 Å². The lowest BCUT2D eigenvalue weighted by Gasteiger charge is -2.38. The number of nitrogens with one attached hydrogen (secondary N) is 1. The van der Waals surface area contributed by atoms with Crippen molar-refractivity contribution in [1.82, 2.24) is 15.1 Å². The van der Waals surface area contributed by atoms with Gasteiger partial charge in [0, 0.05) is 25.7 Å². The molecule has 0 aliphatic heterocycles. The minimum atomic E-state index is 0.316. The van der Waals surface area contributed by atoms with E-state index in [0.717, 1.165) is 13.1 Å². The fourth-order valence-electron chi connectivity index (χ4n) is 2.28. The molecular formula is C16H37N3. The highest BCUT2D eigenvalue weighted by atomic mass is 15.2. The zero-order valence-electron chi connectivity index (χ0n) is 14.4. The Morgan fingerprint density at radius 2 is 1.63 bits per heavy atom. The summed E-state index contributed by atoms with van der Waals surface area (Å²) >= 11 is 0. The van der Waals surface area contributed by atoms with Crippen LogP contribution in [0.4, 0.5) is 0 Å². The molecule has 19 heavy (non-hydrogen) atoms. The van der Waals surface area contributed by atoms with E-state index in [9.17, 15) is 0 Å². The molecule has 0 fully saturated rings. The molecule has 0 aromatic carbocycles. The molecule has 1 N–H and O–H groups in total.